The molecule has 0 aliphatic heterocycles. The van der Waals surface area contributed by atoms with E-state index in [9.17, 15) is 0 Å². The Hall–Kier alpha value is 0.307. The Balaban J connectivity index is 3.21. The first-order valence-electron chi connectivity index (χ1n) is 3.28. The number of benzene rings is 1. The van der Waals surface area contributed by atoms with Gasteiger partial charge < -0.3 is 0 Å². The van der Waals surface area contributed by atoms with Crippen molar-refractivity contribution in [2.24, 2.45) is 0 Å². The molecule has 0 saturated heterocycles. The molecule has 1 aromatic carbocycles. The summed E-state index contributed by atoms with van der Waals surface area (Å²) < 4.78 is 0. The zero-order valence-electron chi connectivity index (χ0n) is 6.00. The van der Waals surface area contributed by atoms with Crippen molar-refractivity contribution >= 4 is 45.0 Å². The average Bonchev–Trinajstić information content (AvgIpc) is 1.97. The summed E-state index contributed by atoms with van der Waals surface area (Å²) in [6.07, 6.45) is 0. The standard InChI is InChI=1S/C7H7Cl3Si/c8-5-2-7(10)6(9)1-4(5)3-11/h1-2H,3H2,11H3. The molecule has 0 N–H and O–H groups in total. The molecular weight excluding hydrogens is 219 g/mol. The van der Waals surface area contributed by atoms with Gasteiger partial charge in [-0.05, 0) is 23.7 Å². The molecule has 1 rings (SSSR count). The van der Waals surface area contributed by atoms with Crippen LogP contribution < -0.4 is 0 Å². The van der Waals surface area contributed by atoms with Gasteiger partial charge in [-0.15, -0.1) is 0 Å². The third-order valence-corrected chi connectivity index (χ3v) is 3.31. The van der Waals surface area contributed by atoms with Crippen molar-refractivity contribution in [1.29, 1.82) is 0 Å². The summed E-state index contributed by atoms with van der Waals surface area (Å²) in [6.45, 7) is 0. The lowest BCUT2D eigenvalue weighted by Crippen LogP contribution is -1.85. The summed E-state index contributed by atoms with van der Waals surface area (Å²) in [4.78, 5) is 0. The molecule has 0 spiro atoms. The van der Waals surface area contributed by atoms with Crippen molar-refractivity contribution in [3.63, 3.8) is 0 Å². The first-order valence-corrected chi connectivity index (χ1v) is 5.83. The van der Waals surface area contributed by atoms with Crippen LogP contribution in [0.25, 0.3) is 0 Å². The van der Waals surface area contributed by atoms with Gasteiger partial charge in [-0.3, -0.25) is 0 Å². The fourth-order valence-electron chi connectivity index (χ4n) is 0.835. The minimum atomic E-state index is 0.524. The van der Waals surface area contributed by atoms with Crippen LogP contribution >= 0.6 is 34.8 Å². The molecule has 0 atom stereocenters. The van der Waals surface area contributed by atoms with Crippen molar-refractivity contribution in [2.75, 3.05) is 0 Å². The lowest BCUT2D eigenvalue weighted by atomic mass is 10.2. The van der Waals surface area contributed by atoms with Crippen molar-refractivity contribution in [1.82, 2.24) is 0 Å². The third-order valence-electron chi connectivity index (χ3n) is 1.47. The molecule has 0 aliphatic carbocycles. The van der Waals surface area contributed by atoms with Crippen LogP contribution in [0.15, 0.2) is 12.1 Å². The van der Waals surface area contributed by atoms with Crippen molar-refractivity contribution in [3.05, 3.63) is 32.8 Å². The smallest absolute Gasteiger partial charge is 0.0607 e. The van der Waals surface area contributed by atoms with Crippen LogP contribution in [0.5, 0.6) is 0 Å². The summed E-state index contributed by atoms with van der Waals surface area (Å²) >= 11 is 17.4. The van der Waals surface area contributed by atoms with Gasteiger partial charge in [0.15, 0.2) is 0 Å². The second-order valence-corrected chi connectivity index (χ2v) is 4.14. The second kappa shape index (κ2) is 3.81. The number of halogens is 3. The molecule has 0 heterocycles. The first kappa shape index (κ1) is 9.40. The zero-order chi connectivity index (χ0) is 8.43. The van der Waals surface area contributed by atoms with Crippen LogP contribution in [-0.4, -0.2) is 10.2 Å². The fraction of sp³-hybridized carbons (Fsp3) is 0.143. The minimum absolute atomic E-state index is 0.524. The lowest BCUT2D eigenvalue weighted by Gasteiger charge is -2.02. The van der Waals surface area contributed by atoms with Gasteiger partial charge in [0.05, 0.1) is 10.0 Å². The van der Waals surface area contributed by atoms with E-state index in [1.807, 2.05) is 6.07 Å². The van der Waals surface area contributed by atoms with Gasteiger partial charge in [0.1, 0.15) is 0 Å². The van der Waals surface area contributed by atoms with Crippen LogP contribution in [0.4, 0.5) is 0 Å². The van der Waals surface area contributed by atoms with E-state index in [2.05, 4.69) is 0 Å². The van der Waals surface area contributed by atoms with E-state index in [0.717, 1.165) is 26.9 Å². The van der Waals surface area contributed by atoms with E-state index in [-0.39, 0.29) is 0 Å². The molecule has 0 bridgehead atoms. The predicted molar refractivity (Wildman–Crippen MR) is 55.1 cm³/mol. The molecule has 11 heavy (non-hydrogen) atoms. The van der Waals surface area contributed by atoms with Gasteiger partial charge in [-0.1, -0.05) is 34.8 Å². The van der Waals surface area contributed by atoms with Crippen molar-refractivity contribution < 1.29 is 0 Å². The summed E-state index contributed by atoms with van der Waals surface area (Å²) in [7, 11) is 1.08. The zero-order valence-corrected chi connectivity index (χ0v) is 10.3. The summed E-state index contributed by atoms with van der Waals surface area (Å²) in [5, 5.41) is 1.83. The molecule has 0 nitrogen and oxygen atoms in total. The summed E-state index contributed by atoms with van der Waals surface area (Å²) in [5.74, 6) is 0. The highest BCUT2D eigenvalue weighted by atomic mass is 35.5. The van der Waals surface area contributed by atoms with Gasteiger partial charge >= 0.3 is 0 Å². The molecule has 0 saturated carbocycles. The van der Waals surface area contributed by atoms with E-state index in [4.69, 9.17) is 34.8 Å². The molecule has 0 aliphatic rings. The Labute approximate surface area is 83.9 Å². The van der Waals surface area contributed by atoms with E-state index < -0.39 is 0 Å². The first-order chi connectivity index (χ1) is 5.15. The quantitative estimate of drug-likeness (QED) is 0.509. The van der Waals surface area contributed by atoms with Crippen molar-refractivity contribution in [3.8, 4) is 0 Å². The molecule has 0 unspecified atom stereocenters. The highest BCUT2D eigenvalue weighted by Gasteiger charge is 2.03. The van der Waals surface area contributed by atoms with E-state index in [1.165, 1.54) is 0 Å². The SMILES string of the molecule is [SiH3]Cc1cc(Cl)c(Cl)cc1Cl. The van der Waals surface area contributed by atoms with Gasteiger partial charge in [0.25, 0.3) is 0 Å². The molecule has 4 heteroatoms. The molecular formula is C7H7Cl3Si. The average molecular weight is 226 g/mol. The van der Waals surface area contributed by atoms with Crippen molar-refractivity contribution in [2.45, 2.75) is 6.04 Å². The topological polar surface area (TPSA) is 0 Å². The van der Waals surface area contributed by atoms with E-state index in [0.29, 0.717) is 10.0 Å². The van der Waals surface area contributed by atoms with Crippen LogP contribution in [0.2, 0.25) is 15.1 Å². The molecule has 0 radical (unpaired) electrons. The van der Waals surface area contributed by atoms with E-state index in [1.54, 1.807) is 6.07 Å². The Morgan fingerprint density at radius 3 is 2.09 bits per heavy atom. The largest absolute Gasteiger partial charge is 0.0840 e. The van der Waals surface area contributed by atoms with Gasteiger partial charge in [0, 0.05) is 15.3 Å². The highest BCUT2D eigenvalue weighted by molar-refractivity contribution is 6.43. The fourth-order valence-corrected chi connectivity index (χ4v) is 2.35. The lowest BCUT2D eigenvalue weighted by molar-refractivity contribution is 1.40. The summed E-state index contributed by atoms with van der Waals surface area (Å²) in [5.41, 5.74) is 1.09. The molecule has 1 aromatic rings. The third kappa shape index (κ3) is 2.12. The number of hydrogen-bond donors (Lipinski definition) is 0. The second-order valence-electron chi connectivity index (χ2n) is 2.21. The Morgan fingerprint density at radius 1 is 1.00 bits per heavy atom. The Morgan fingerprint density at radius 2 is 1.55 bits per heavy atom. The Bertz CT molecular complexity index is 273. The highest BCUT2D eigenvalue weighted by Crippen LogP contribution is 2.28. The molecule has 0 aromatic heterocycles. The maximum absolute atomic E-state index is 5.88. The molecule has 0 fully saturated rings. The van der Waals surface area contributed by atoms with E-state index >= 15 is 0 Å². The molecule has 60 valence electrons. The number of rotatable bonds is 1. The number of hydrogen-bond acceptors (Lipinski definition) is 0. The maximum atomic E-state index is 5.88. The minimum Gasteiger partial charge on any atom is -0.0840 e. The van der Waals surface area contributed by atoms with Crippen LogP contribution in [0, 0.1) is 0 Å². The van der Waals surface area contributed by atoms with Crippen LogP contribution in [-0.2, 0) is 6.04 Å². The van der Waals surface area contributed by atoms with Gasteiger partial charge in [-0.2, -0.15) is 0 Å². The predicted octanol–water partition coefficient (Wildman–Crippen LogP) is 2.51. The maximum Gasteiger partial charge on any atom is 0.0607 e. The van der Waals surface area contributed by atoms with Crippen LogP contribution in [0.1, 0.15) is 5.56 Å². The summed E-state index contributed by atoms with van der Waals surface area (Å²) in [6, 6.07) is 4.54. The van der Waals surface area contributed by atoms with Gasteiger partial charge in [0.2, 0.25) is 0 Å². The monoisotopic (exact) mass is 224 g/mol. The van der Waals surface area contributed by atoms with Crippen LogP contribution in [0.3, 0.4) is 0 Å². The van der Waals surface area contributed by atoms with Gasteiger partial charge in [-0.25, -0.2) is 0 Å². The Kier molecular flexibility index (Phi) is 3.25. The molecule has 0 amide bonds. The normalized spacial score (nSPS) is 10.5.